The smallest absolute Gasteiger partial charge is 0.306 e. The third-order valence-electron chi connectivity index (χ3n) is 10.4. The predicted octanol–water partition coefficient (Wildman–Crippen LogP) is 16.8. The summed E-state index contributed by atoms with van der Waals surface area (Å²) in [5.41, 5.74) is 0. The Kier molecular flexibility index (Phi) is 47.5. The van der Waals surface area contributed by atoms with Gasteiger partial charge >= 0.3 is 17.9 Å². The number of hydrogen-bond acceptors (Lipinski definition) is 6. The molecule has 0 saturated carbocycles. The van der Waals surface area contributed by atoms with Crippen molar-refractivity contribution in [3.63, 3.8) is 0 Å². The van der Waals surface area contributed by atoms with E-state index < -0.39 is 6.10 Å². The summed E-state index contributed by atoms with van der Waals surface area (Å²) in [7, 11) is 0. The maximum Gasteiger partial charge on any atom is 0.306 e. The van der Waals surface area contributed by atoms with Crippen LogP contribution in [0.1, 0.15) is 213 Å². The first-order valence-electron chi connectivity index (χ1n) is 25.5. The number of carbonyl (C=O) groups is 3. The molecule has 0 heterocycles. The molecule has 0 aliphatic rings. The van der Waals surface area contributed by atoms with Crippen molar-refractivity contribution in [2.45, 2.75) is 219 Å². The van der Waals surface area contributed by atoms with Crippen molar-refractivity contribution in [2.24, 2.45) is 0 Å². The molecule has 0 aromatic heterocycles. The van der Waals surface area contributed by atoms with Gasteiger partial charge in [-0.1, -0.05) is 214 Å². The highest BCUT2D eigenvalue weighted by molar-refractivity contribution is 5.71. The normalized spacial score (nSPS) is 13.0. The second-order valence-electron chi connectivity index (χ2n) is 16.5. The number of ether oxygens (including phenoxy) is 3. The molecule has 6 nitrogen and oxygen atoms in total. The van der Waals surface area contributed by atoms with Crippen molar-refractivity contribution in [3.8, 4) is 0 Å². The third-order valence-corrected chi connectivity index (χ3v) is 10.4. The molecule has 0 saturated heterocycles. The van der Waals surface area contributed by atoms with Gasteiger partial charge in [0, 0.05) is 19.3 Å². The van der Waals surface area contributed by atoms with Gasteiger partial charge in [0.1, 0.15) is 13.2 Å². The van der Waals surface area contributed by atoms with Gasteiger partial charge in [-0.15, -0.1) is 0 Å². The fourth-order valence-electron chi connectivity index (χ4n) is 6.61. The monoisotopic (exact) mass is 873 g/mol. The van der Waals surface area contributed by atoms with Gasteiger partial charge in [0.2, 0.25) is 0 Å². The third kappa shape index (κ3) is 49.0. The molecule has 6 heteroatoms. The van der Waals surface area contributed by atoms with E-state index in [4.69, 9.17) is 14.2 Å². The Bertz CT molecular complexity index is 1330. The van der Waals surface area contributed by atoms with Crippen molar-refractivity contribution < 1.29 is 28.6 Å². The van der Waals surface area contributed by atoms with Gasteiger partial charge in [0.25, 0.3) is 0 Å². The van der Waals surface area contributed by atoms with E-state index in [1.54, 1.807) is 0 Å². The van der Waals surface area contributed by atoms with Gasteiger partial charge in [-0.05, 0) is 89.9 Å². The van der Waals surface area contributed by atoms with E-state index in [9.17, 15) is 14.4 Å². The maximum absolute atomic E-state index is 12.8. The number of allylic oxidation sites excluding steroid dienone is 18. The van der Waals surface area contributed by atoms with Crippen LogP contribution in [-0.2, 0) is 28.6 Å². The minimum atomic E-state index is -0.806. The summed E-state index contributed by atoms with van der Waals surface area (Å²) in [4.78, 5) is 38.0. The lowest BCUT2D eigenvalue weighted by Crippen LogP contribution is -2.30. The zero-order chi connectivity index (χ0) is 45.8. The van der Waals surface area contributed by atoms with E-state index >= 15 is 0 Å². The molecule has 0 fully saturated rings. The molecule has 1 atom stereocenters. The standard InChI is InChI=1S/C57H92O6/c1-4-7-10-13-16-19-22-25-27-28-29-31-32-35-38-41-44-47-50-56(59)62-53-54(52-61-55(58)49-46-43-40-37-34-24-21-18-15-12-9-6-3)63-57(60)51-48-45-42-39-36-33-30-26-23-20-17-14-11-8-5-2/h8-9,11-12,14,17-18,20-23,25-31,54H,4-7,10,13,15-16,19,24,32-53H2,1-3H3/b11-8-,12-9-,17-14-,21-18-,23-20-,25-22-,28-27-,30-26-,31-29-. The first-order chi connectivity index (χ1) is 31.0. The number of unbranched alkanes of at least 4 members (excludes halogenated alkanes) is 20. The highest BCUT2D eigenvalue weighted by Gasteiger charge is 2.19. The zero-order valence-electron chi connectivity index (χ0n) is 40.5. The van der Waals surface area contributed by atoms with Crippen molar-refractivity contribution in [2.75, 3.05) is 13.2 Å². The topological polar surface area (TPSA) is 78.9 Å². The molecule has 0 bridgehead atoms. The van der Waals surface area contributed by atoms with Crippen LogP contribution in [0.4, 0.5) is 0 Å². The molecular weight excluding hydrogens is 781 g/mol. The van der Waals surface area contributed by atoms with E-state index in [1.807, 2.05) is 24.3 Å². The maximum atomic E-state index is 12.8. The Balaban J connectivity index is 4.49. The molecule has 356 valence electrons. The Morgan fingerprint density at radius 2 is 0.698 bits per heavy atom. The largest absolute Gasteiger partial charge is 0.462 e. The second kappa shape index (κ2) is 50.7. The number of esters is 3. The van der Waals surface area contributed by atoms with Crippen LogP contribution in [0.3, 0.4) is 0 Å². The average molecular weight is 873 g/mol. The Hall–Kier alpha value is -3.93. The van der Waals surface area contributed by atoms with Gasteiger partial charge < -0.3 is 14.2 Å². The Labute approximate surface area is 387 Å². The lowest BCUT2D eigenvalue weighted by Gasteiger charge is -2.18. The molecule has 0 aliphatic carbocycles. The summed E-state index contributed by atoms with van der Waals surface area (Å²) in [6, 6.07) is 0. The van der Waals surface area contributed by atoms with Gasteiger partial charge in [0.15, 0.2) is 6.10 Å². The van der Waals surface area contributed by atoms with Crippen molar-refractivity contribution in [1.82, 2.24) is 0 Å². The van der Waals surface area contributed by atoms with Crippen LogP contribution >= 0.6 is 0 Å². The fraction of sp³-hybridized carbons (Fsp3) is 0.632. The summed E-state index contributed by atoms with van der Waals surface area (Å²) < 4.78 is 16.7. The van der Waals surface area contributed by atoms with Gasteiger partial charge in [-0.25, -0.2) is 0 Å². The van der Waals surface area contributed by atoms with E-state index in [0.29, 0.717) is 19.3 Å². The minimum absolute atomic E-state index is 0.105. The van der Waals surface area contributed by atoms with Crippen LogP contribution in [0.5, 0.6) is 0 Å². The highest BCUT2D eigenvalue weighted by atomic mass is 16.6. The summed E-state index contributed by atoms with van der Waals surface area (Å²) in [6.07, 6.45) is 67.8. The van der Waals surface area contributed by atoms with Crippen LogP contribution in [0.25, 0.3) is 0 Å². The highest BCUT2D eigenvalue weighted by Crippen LogP contribution is 2.13. The number of rotatable bonds is 44. The second-order valence-corrected chi connectivity index (χ2v) is 16.5. The Morgan fingerprint density at radius 3 is 1.14 bits per heavy atom. The van der Waals surface area contributed by atoms with E-state index in [-0.39, 0.29) is 31.1 Å². The predicted molar refractivity (Wildman–Crippen MR) is 270 cm³/mol. The molecule has 0 amide bonds. The average Bonchev–Trinajstić information content (AvgIpc) is 3.28. The van der Waals surface area contributed by atoms with Crippen LogP contribution < -0.4 is 0 Å². The van der Waals surface area contributed by atoms with Crippen LogP contribution in [-0.4, -0.2) is 37.2 Å². The first kappa shape index (κ1) is 59.1. The summed E-state index contributed by atoms with van der Waals surface area (Å²) in [6.45, 7) is 6.31. The molecular formula is C57H92O6. The van der Waals surface area contributed by atoms with Crippen molar-refractivity contribution >= 4 is 17.9 Å². The van der Waals surface area contributed by atoms with Crippen LogP contribution in [0.15, 0.2) is 109 Å². The quantitative estimate of drug-likeness (QED) is 0.0199. The Morgan fingerprint density at radius 1 is 0.349 bits per heavy atom. The molecule has 0 radical (unpaired) electrons. The zero-order valence-corrected chi connectivity index (χ0v) is 40.5. The molecule has 0 aromatic carbocycles. The lowest BCUT2D eigenvalue weighted by molar-refractivity contribution is -0.167. The van der Waals surface area contributed by atoms with Crippen LogP contribution in [0.2, 0.25) is 0 Å². The SMILES string of the molecule is CC\C=C/C=C\C=C/C=C\CCCCCCCC(=O)OC(COC(=O)CCCCCCC\C=C/C=C\C=C/CCCCCCC)COC(=O)CCCCCCC/C=C\C/C=C\CC. The molecule has 1 unspecified atom stereocenters. The fourth-order valence-corrected chi connectivity index (χ4v) is 6.61. The van der Waals surface area contributed by atoms with Gasteiger partial charge in [-0.3, -0.25) is 14.4 Å². The molecule has 0 N–H and O–H groups in total. The van der Waals surface area contributed by atoms with E-state index in [2.05, 4.69) is 106 Å². The number of carbonyl (C=O) groups excluding carboxylic acids is 3. The van der Waals surface area contributed by atoms with E-state index in [1.165, 1.54) is 32.1 Å². The van der Waals surface area contributed by atoms with Gasteiger partial charge in [-0.2, -0.15) is 0 Å². The minimum Gasteiger partial charge on any atom is -0.462 e. The molecule has 0 rings (SSSR count). The van der Waals surface area contributed by atoms with Crippen molar-refractivity contribution in [1.29, 1.82) is 0 Å². The van der Waals surface area contributed by atoms with Gasteiger partial charge in [0.05, 0.1) is 0 Å². The van der Waals surface area contributed by atoms with E-state index in [0.717, 1.165) is 141 Å². The summed E-state index contributed by atoms with van der Waals surface area (Å²) in [5, 5.41) is 0. The molecule has 0 spiro atoms. The number of hydrogen-bond donors (Lipinski definition) is 0. The summed E-state index contributed by atoms with van der Waals surface area (Å²) in [5.74, 6) is -0.968. The van der Waals surface area contributed by atoms with Crippen molar-refractivity contribution in [3.05, 3.63) is 109 Å². The molecule has 0 aliphatic heterocycles. The first-order valence-corrected chi connectivity index (χ1v) is 25.5. The lowest BCUT2D eigenvalue weighted by atomic mass is 10.1. The van der Waals surface area contributed by atoms with Crippen LogP contribution in [0, 0.1) is 0 Å². The molecule has 63 heavy (non-hydrogen) atoms. The molecule has 0 aromatic rings. The summed E-state index contributed by atoms with van der Waals surface area (Å²) >= 11 is 0.